The molecule has 7 heteroatoms. The van der Waals surface area contributed by atoms with Crippen LogP contribution in [0, 0.1) is 11.3 Å². The molecular formula is C21H16N4O3. The molecule has 0 aliphatic carbocycles. The third-order valence-corrected chi connectivity index (χ3v) is 4.56. The van der Waals surface area contributed by atoms with Gasteiger partial charge in [-0.1, -0.05) is 12.1 Å². The fraction of sp³-hybridized carbons (Fsp3) is 0.143. The Morgan fingerprint density at radius 1 is 1.21 bits per heavy atom. The highest BCUT2D eigenvalue weighted by atomic mass is 16.5. The quantitative estimate of drug-likeness (QED) is 0.762. The number of hydrogen-bond acceptors (Lipinski definition) is 5. The van der Waals surface area contributed by atoms with Crippen LogP contribution in [0.3, 0.4) is 0 Å². The van der Waals surface area contributed by atoms with E-state index in [0.29, 0.717) is 36.7 Å². The zero-order valence-corrected chi connectivity index (χ0v) is 14.9. The predicted octanol–water partition coefficient (Wildman–Crippen LogP) is 2.63. The minimum atomic E-state index is -0.389. The van der Waals surface area contributed by atoms with E-state index in [-0.39, 0.29) is 17.0 Å². The van der Waals surface area contributed by atoms with E-state index >= 15 is 0 Å². The molecule has 7 nitrogen and oxygen atoms in total. The highest BCUT2D eigenvalue weighted by molar-refractivity contribution is 5.94. The first kappa shape index (κ1) is 17.5. The molecule has 0 saturated heterocycles. The molecule has 1 aliphatic rings. The van der Waals surface area contributed by atoms with Gasteiger partial charge in [-0.15, -0.1) is 0 Å². The van der Waals surface area contributed by atoms with Crippen LogP contribution in [0.25, 0.3) is 0 Å². The van der Waals surface area contributed by atoms with Crippen LogP contribution in [0.15, 0.2) is 59.5 Å². The molecule has 0 unspecified atom stereocenters. The molecule has 2 aromatic heterocycles. The molecule has 3 heterocycles. The van der Waals surface area contributed by atoms with Crippen molar-refractivity contribution < 1.29 is 9.53 Å². The Morgan fingerprint density at radius 2 is 2.11 bits per heavy atom. The Labute approximate surface area is 160 Å². The van der Waals surface area contributed by atoms with E-state index in [2.05, 4.69) is 9.97 Å². The molecule has 0 saturated carbocycles. The van der Waals surface area contributed by atoms with Gasteiger partial charge in [0, 0.05) is 43.0 Å². The van der Waals surface area contributed by atoms with Gasteiger partial charge in [-0.25, -0.2) is 4.98 Å². The van der Waals surface area contributed by atoms with Crippen LogP contribution in [-0.2, 0) is 13.0 Å². The molecule has 0 radical (unpaired) electrons. The third kappa shape index (κ3) is 3.48. The fourth-order valence-electron chi connectivity index (χ4n) is 3.17. The Balaban J connectivity index is 1.55. The van der Waals surface area contributed by atoms with Crippen molar-refractivity contribution in [2.75, 3.05) is 6.54 Å². The van der Waals surface area contributed by atoms with Gasteiger partial charge < -0.3 is 14.6 Å². The lowest BCUT2D eigenvalue weighted by Crippen LogP contribution is -2.37. The van der Waals surface area contributed by atoms with Crippen molar-refractivity contribution in [3.63, 3.8) is 0 Å². The van der Waals surface area contributed by atoms with Crippen molar-refractivity contribution in [3.05, 3.63) is 87.5 Å². The lowest BCUT2D eigenvalue weighted by Gasteiger charge is -2.28. The highest BCUT2D eigenvalue weighted by Gasteiger charge is 2.23. The molecule has 1 N–H and O–H groups in total. The Hall–Kier alpha value is -3.92. The number of aromatic amines is 1. The molecular weight excluding hydrogens is 356 g/mol. The molecule has 1 aromatic carbocycles. The molecule has 0 bridgehead atoms. The van der Waals surface area contributed by atoms with E-state index in [4.69, 9.17) is 10.00 Å². The first-order chi connectivity index (χ1) is 13.6. The zero-order chi connectivity index (χ0) is 19.5. The van der Waals surface area contributed by atoms with Crippen LogP contribution < -0.4 is 10.3 Å². The number of pyridine rings is 2. The maximum Gasteiger partial charge on any atom is 0.266 e. The summed E-state index contributed by atoms with van der Waals surface area (Å²) in [5.74, 6) is 0.840. The number of benzene rings is 1. The number of hydrogen-bond donors (Lipinski definition) is 1. The molecule has 0 fully saturated rings. The van der Waals surface area contributed by atoms with E-state index in [9.17, 15) is 9.59 Å². The number of amides is 1. The minimum Gasteiger partial charge on any atom is -0.439 e. The van der Waals surface area contributed by atoms with Crippen molar-refractivity contribution in [3.8, 4) is 17.7 Å². The monoisotopic (exact) mass is 372 g/mol. The summed E-state index contributed by atoms with van der Waals surface area (Å²) < 4.78 is 5.70. The van der Waals surface area contributed by atoms with Gasteiger partial charge in [0.15, 0.2) is 0 Å². The summed E-state index contributed by atoms with van der Waals surface area (Å²) in [6.45, 7) is 0.823. The van der Waals surface area contributed by atoms with Gasteiger partial charge in [-0.05, 0) is 35.9 Å². The number of nitrogens with zero attached hydrogens (tertiary/aromatic N) is 3. The van der Waals surface area contributed by atoms with Gasteiger partial charge in [0.25, 0.3) is 11.5 Å². The van der Waals surface area contributed by atoms with E-state index in [1.807, 2.05) is 12.1 Å². The van der Waals surface area contributed by atoms with Crippen molar-refractivity contribution in [2.45, 2.75) is 13.0 Å². The van der Waals surface area contributed by atoms with Crippen LogP contribution in [0.1, 0.15) is 27.2 Å². The molecule has 3 aromatic rings. The topological polar surface area (TPSA) is 99.1 Å². The predicted molar refractivity (Wildman–Crippen MR) is 101 cm³/mol. The fourth-order valence-corrected chi connectivity index (χ4v) is 3.17. The summed E-state index contributed by atoms with van der Waals surface area (Å²) in [5.41, 5.74) is 1.73. The van der Waals surface area contributed by atoms with E-state index in [1.165, 1.54) is 0 Å². The van der Waals surface area contributed by atoms with Crippen LogP contribution in [-0.4, -0.2) is 27.3 Å². The Bertz CT molecular complexity index is 1130. The number of carbonyl (C=O) groups excluding carboxylic acids is 1. The molecule has 138 valence electrons. The molecule has 0 atom stereocenters. The molecule has 28 heavy (non-hydrogen) atoms. The summed E-state index contributed by atoms with van der Waals surface area (Å²) in [4.78, 5) is 33.3. The smallest absolute Gasteiger partial charge is 0.266 e. The first-order valence-corrected chi connectivity index (χ1v) is 8.77. The summed E-state index contributed by atoms with van der Waals surface area (Å²) >= 11 is 0. The van der Waals surface area contributed by atoms with Gasteiger partial charge >= 0.3 is 0 Å². The SMILES string of the molecule is N#Cc1cc2c([nH]c1=O)CCN(C(=O)c1cccc(Oc3ccccn3)c1)C2. The number of fused-ring (bicyclic) bond motifs is 1. The maximum atomic E-state index is 13.0. The summed E-state index contributed by atoms with van der Waals surface area (Å²) in [6.07, 6.45) is 2.17. The van der Waals surface area contributed by atoms with Crippen molar-refractivity contribution in [1.82, 2.24) is 14.9 Å². The number of H-pyrrole nitrogens is 1. The molecule has 1 amide bonds. The largest absolute Gasteiger partial charge is 0.439 e. The molecule has 1 aliphatic heterocycles. The third-order valence-electron chi connectivity index (χ3n) is 4.56. The van der Waals surface area contributed by atoms with Crippen LogP contribution in [0.5, 0.6) is 11.6 Å². The number of nitriles is 1. The number of ether oxygens (including phenoxy) is 1. The second-order valence-corrected chi connectivity index (χ2v) is 6.40. The second kappa shape index (κ2) is 7.37. The number of carbonyl (C=O) groups is 1. The van der Waals surface area contributed by atoms with E-state index in [0.717, 1.165) is 11.3 Å². The Morgan fingerprint density at radius 3 is 2.89 bits per heavy atom. The van der Waals surface area contributed by atoms with Crippen molar-refractivity contribution >= 4 is 5.91 Å². The first-order valence-electron chi connectivity index (χ1n) is 8.77. The van der Waals surface area contributed by atoms with Gasteiger partial charge in [-0.2, -0.15) is 5.26 Å². The average molecular weight is 372 g/mol. The number of nitrogens with one attached hydrogen (secondary N) is 1. The molecule has 4 rings (SSSR count). The maximum absolute atomic E-state index is 13.0. The van der Waals surface area contributed by atoms with Gasteiger partial charge in [0.05, 0.1) is 0 Å². The minimum absolute atomic E-state index is 0.0545. The molecule has 0 spiro atoms. The lowest BCUT2D eigenvalue weighted by atomic mass is 10.0. The van der Waals surface area contributed by atoms with Crippen LogP contribution in [0.2, 0.25) is 0 Å². The summed E-state index contributed by atoms with van der Waals surface area (Å²) in [6, 6.07) is 15.7. The number of rotatable bonds is 3. The van der Waals surface area contributed by atoms with E-state index < -0.39 is 0 Å². The van der Waals surface area contributed by atoms with Crippen molar-refractivity contribution in [2.24, 2.45) is 0 Å². The average Bonchev–Trinajstić information content (AvgIpc) is 2.73. The highest BCUT2D eigenvalue weighted by Crippen LogP contribution is 2.23. The van der Waals surface area contributed by atoms with Gasteiger partial charge in [-0.3, -0.25) is 9.59 Å². The lowest BCUT2D eigenvalue weighted by molar-refractivity contribution is 0.0733. The van der Waals surface area contributed by atoms with Crippen LogP contribution in [0.4, 0.5) is 0 Å². The Kier molecular flexibility index (Phi) is 4.60. The van der Waals surface area contributed by atoms with Gasteiger partial charge in [0.1, 0.15) is 17.4 Å². The van der Waals surface area contributed by atoms with Gasteiger partial charge in [0.2, 0.25) is 5.88 Å². The standard InChI is InChI=1S/C21H16N4O3/c22-12-15-10-16-13-25(9-7-18(16)24-20(15)26)21(27)14-4-3-5-17(11-14)28-19-6-1-2-8-23-19/h1-6,8,10-11H,7,9,13H2,(H,24,26). The van der Waals surface area contributed by atoms with E-state index in [1.54, 1.807) is 53.6 Å². The summed E-state index contributed by atoms with van der Waals surface area (Å²) in [7, 11) is 0. The van der Waals surface area contributed by atoms with Crippen molar-refractivity contribution in [1.29, 1.82) is 5.26 Å². The summed E-state index contributed by atoms with van der Waals surface area (Å²) in [5, 5.41) is 9.06. The second-order valence-electron chi connectivity index (χ2n) is 6.40. The normalized spacial score (nSPS) is 12.8. The number of aromatic nitrogens is 2. The zero-order valence-electron chi connectivity index (χ0n) is 14.9. The van der Waals surface area contributed by atoms with Crippen LogP contribution >= 0.6 is 0 Å².